The number of carbonyl (C=O) groups excluding carboxylic acids is 2. The van der Waals surface area contributed by atoms with Crippen LogP contribution in [-0.4, -0.2) is 68.0 Å². The summed E-state index contributed by atoms with van der Waals surface area (Å²) >= 11 is 0. The number of hydrogen-bond acceptors (Lipinski definition) is 4. The fourth-order valence-electron chi connectivity index (χ4n) is 5.87. The van der Waals surface area contributed by atoms with Crippen molar-refractivity contribution in [1.82, 2.24) is 15.1 Å². The monoisotopic (exact) mass is 399 g/mol. The Hall–Kier alpha value is -2.08. The lowest BCUT2D eigenvalue weighted by molar-refractivity contribution is -0.133. The number of carbonyl (C=O) groups is 2. The molecule has 6 nitrogen and oxygen atoms in total. The molecule has 1 aromatic rings. The summed E-state index contributed by atoms with van der Waals surface area (Å²) in [5.41, 5.74) is 0.363. The van der Waals surface area contributed by atoms with Crippen LogP contribution in [0.5, 0.6) is 5.75 Å². The minimum Gasteiger partial charge on any atom is -0.497 e. The summed E-state index contributed by atoms with van der Waals surface area (Å²) in [4.78, 5) is 30.5. The fourth-order valence-corrected chi connectivity index (χ4v) is 5.87. The predicted octanol–water partition coefficient (Wildman–Crippen LogP) is 2.40. The number of piperidine rings is 1. The molecule has 0 aromatic heterocycles. The van der Waals surface area contributed by atoms with Crippen molar-refractivity contribution in [2.24, 2.45) is 16.7 Å². The molecule has 1 atom stereocenters. The SMILES string of the molecule is COc1cccc(C(=O)N2CCC3(CC2)CN(CC(C)C)CC32CCNC2=O)c1. The first kappa shape index (κ1) is 20.2. The minimum absolute atomic E-state index is 0.0202. The van der Waals surface area contributed by atoms with Crippen LogP contribution in [0.25, 0.3) is 0 Å². The highest BCUT2D eigenvalue weighted by Gasteiger charge is 2.63. The number of likely N-dealkylation sites (tertiary alicyclic amines) is 2. The summed E-state index contributed by atoms with van der Waals surface area (Å²) in [7, 11) is 1.61. The maximum atomic E-state index is 13.0. The van der Waals surface area contributed by atoms with Gasteiger partial charge >= 0.3 is 0 Å². The van der Waals surface area contributed by atoms with Gasteiger partial charge in [0.25, 0.3) is 5.91 Å². The first-order valence-corrected chi connectivity index (χ1v) is 10.8. The summed E-state index contributed by atoms with van der Waals surface area (Å²) in [5, 5.41) is 3.11. The average Bonchev–Trinajstić information content (AvgIpc) is 3.22. The molecule has 4 rings (SSSR count). The first-order valence-electron chi connectivity index (χ1n) is 10.8. The highest BCUT2D eigenvalue weighted by molar-refractivity contribution is 5.94. The molecule has 0 aliphatic carbocycles. The van der Waals surface area contributed by atoms with Gasteiger partial charge in [-0.1, -0.05) is 19.9 Å². The molecule has 3 saturated heterocycles. The molecule has 2 amide bonds. The highest BCUT2D eigenvalue weighted by atomic mass is 16.5. The van der Waals surface area contributed by atoms with Crippen molar-refractivity contribution in [2.75, 3.05) is 46.4 Å². The fraction of sp³-hybridized carbons (Fsp3) is 0.652. The Kier molecular flexibility index (Phi) is 5.32. The zero-order valence-electron chi connectivity index (χ0n) is 17.9. The molecule has 29 heavy (non-hydrogen) atoms. The third-order valence-corrected chi connectivity index (χ3v) is 7.25. The molecular weight excluding hydrogens is 366 g/mol. The normalized spacial score (nSPS) is 26.5. The van der Waals surface area contributed by atoms with Crippen molar-refractivity contribution in [3.63, 3.8) is 0 Å². The second-order valence-corrected chi connectivity index (χ2v) is 9.46. The largest absolute Gasteiger partial charge is 0.497 e. The topological polar surface area (TPSA) is 61.9 Å². The molecule has 3 aliphatic rings. The van der Waals surface area contributed by atoms with Crippen LogP contribution in [0.1, 0.15) is 43.5 Å². The van der Waals surface area contributed by atoms with E-state index in [4.69, 9.17) is 4.74 Å². The van der Waals surface area contributed by atoms with Gasteiger partial charge in [0.1, 0.15) is 5.75 Å². The van der Waals surface area contributed by atoms with Gasteiger partial charge in [0, 0.05) is 50.2 Å². The van der Waals surface area contributed by atoms with E-state index in [0.29, 0.717) is 30.3 Å². The Balaban J connectivity index is 1.51. The molecule has 3 fully saturated rings. The maximum Gasteiger partial charge on any atom is 0.253 e. The lowest BCUT2D eigenvalue weighted by Gasteiger charge is -2.46. The lowest BCUT2D eigenvalue weighted by Crippen LogP contribution is -2.53. The van der Waals surface area contributed by atoms with Gasteiger partial charge in [0.2, 0.25) is 5.91 Å². The molecule has 2 spiro atoms. The Morgan fingerprint density at radius 1 is 1.21 bits per heavy atom. The molecule has 1 N–H and O–H groups in total. The van der Waals surface area contributed by atoms with Crippen LogP contribution < -0.4 is 10.1 Å². The third kappa shape index (κ3) is 3.41. The first-order chi connectivity index (χ1) is 13.9. The zero-order valence-corrected chi connectivity index (χ0v) is 17.9. The molecule has 1 aromatic carbocycles. The molecule has 6 heteroatoms. The van der Waals surface area contributed by atoms with E-state index in [-0.39, 0.29) is 22.6 Å². The number of methoxy groups -OCH3 is 1. The molecule has 158 valence electrons. The van der Waals surface area contributed by atoms with Crippen LogP contribution in [0.2, 0.25) is 0 Å². The van der Waals surface area contributed by atoms with Gasteiger partial charge in [-0.3, -0.25) is 9.59 Å². The second kappa shape index (κ2) is 7.63. The molecular formula is C23H33N3O3. The van der Waals surface area contributed by atoms with Crippen LogP contribution in [0.3, 0.4) is 0 Å². The Morgan fingerprint density at radius 2 is 1.97 bits per heavy atom. The van der Waals surface area contributed by atoms with Crippen molar-refractivity contribution >= 4 is 11.8 Å². The van der Waals surface area contributed by atoms with Crippen molar-refractivity contribution in [3.05, 3.63) is 29.8 Å². The van der Waals surface area contributed by atoms with Crippen molar-refractivity contribution in [1.29, 1.82) is 0 Å². The number of hydrogen-bond donors (Lipinski definition) is 1. The van der Waals surface area contributed by atoms with Crippen molar-refractivity contribution < 1.29 is 14.3 Å². The number of nitrogens with zero attached hydrogens (tertiary/aromatic N) is 2. The van der Waals surface area contributed by atoms with E-state index >= 15 is 0 Å². The molecule has 3 heterocycles. The van der Waals surface area contributed by atoms with E-state index in [1.54, 1.807) is 13.2 Å². The minimum atomic E-state index is -0.285. The lowest BCUT2D eigenvalue weighted by atomic mass is 9.60. The van der Waals surface area contributed by atoms with E-state index in [0.717, 1.165) is 45.4 Å². The number of benzene rings is 1. The van der Waals surface area contributed by atoms with Gasteiger partial charge in [-0.2, -0.15) is 0 Å². The number of nitrogens with one attached hydrogen (secondary N) is 1. The zero-order chi connectivity index (χ0) is 20.6. The van der Waals surface area contributed by atoms with Crippen LogP contribution >= 0.6 is 0 Å². The van der Waals surface area contributed by atoms with E-state index in [1.165, 1.54) is 0 Å². The second-order valence-electron chi connectivity index (χ2n) is 9.46. The van der Waals surface area contributed by atoms with Crippen LogP contribution in [0.4, 0.5) is 0 Å². The number of amides is 2. The summed E-state index contributed by atoms with van der Waals surface area (Å²) in [6, 6.07) is 7.36. The van der Waals surface area contributed by atoms with Gasteiger partial charge < -0.3 is 19.9 Å². The summed E-state index contributed by atoms with van der Waals surface area (Å²) in [6.07, 6.45) is 2.71. The summed E-state index contributed by atoms with van der Waals surface area (Å²) in [6.45, 7) is 9.54. The van der Waals surface area contributed by atoms with Gasteiger partial charge in [0.15, 0.2) is 0 Å². The predicted molar refractivity (Wildman–Crippen MR) is 112 cm³/mol. The standard InChI is InChI=1S/C23H33N3O3/c1-17(2)14-25-15-22(23(16-25)7-10-24-21(23)28)8-11-26(12-9-22)20(27)18-5-4-6-19(13-18)29-3/h4-6,13,17H,7-12,14-16H2,1-3H3,(H,24,28). The van der Waals surface area contributed by atoms with E-state index in [9.17, 15) is 9.59 Å². The molecule has 3 aliphatic heterocycles. The van der Waals surface area contributed by atoms with Crippen LogP contribution in [0.15, 0.2) is 24.3 Å². The number of rotatable bonds is 4. The smallest absolute Gasteiger partial charge is 0.253 e. The molecule has 1 unspecified atom stereocenters. The quantitative estimate of drug-likeness (QED) is 0.845. The number of fused-ring (bicyclic) bond motifs is 1. The third-order valence-electron chi connectivity index (χ3n) is 7.25. The summed E-state index contributed by atoms with van der Waals surface area (Å²) in [5.74, 6) is 1.57. The Labute approximate surface area is 173 Å². The van der Waals surface area contributed by atoms with Gasteiger partial charge in [-0.05, 0) is 43.4 Å². The van der Waals surface area contributed by atoms with Crippen molar-refractivity contribution in [2.45, 2.75) is 33.1 Å². The van der Waals surface area contributed by atoms with Crippen LogP contribution in [-0.2, 0) is 4.79 Å². The van der Waals surface area contributed by atoms with Crippen molar-refractivity contribution in [3.8, 4) is 5.75 Å². The summed E-state index contributed by atoms with van der Waals surface area (Å²) < 4.78 is 5.27. The molecule has 0 bridgehead atoms. The van der Waals surface area contributed by atoms with E-state index in [1.807, 2.05) is 23.1 Å². The van der Waals surface area contributed by atoms with Crippen LogP contribution in [0, 0.1) is 16.7 Å². The molecule has 0 saturated carbocycles. The van der Waals surface area contributed by atoms with Gasteiger partial charge in [0.05, 0.1) is 12.5 Å². The van der Waals surface area contributed by atoms with Gasteiger partial charge in [-0.15, -0.1) is 0 Å². The highest BCUT2D eigenvalue weighted by Crippen LogP contribution is 2.56. The Morgan fingerprint density at radius 3 is 2.59 bits per heavy atom. The van der Waals surface area contributed by atoms with E-state index < -0.39 is 0 Å². The average molecular weight is 400 g/mol. The van der Waals surface area contributed by atoms with E-state index in [2.05, 4.69) is 24.1 Å². The number of ether oxygens (including phenoxy) is 1. The maximum absolute atomic E-state index is 13.0. The molecule has 0 radical (unpaired) electrons. The Bertz CT molecular complexity index is 785. The van der Waals surface area contributed by atoms with Gasteiger partial charge in [-0.25, -0.2) is 0 Å².